The topological polar surface area (TPSA) is 71.3 Å². The van der Waals surface area contributed by atoms with Crippen LogP contribution in [-0.4, -0.2) is 47.2 Å². The molecule has 0 atom stereocenters. The van der Waals surface area contributed by atoms with Crippen molar-refractivity contribution < 1.29 is 18.1 Å². The zero-order valence-electron chi connectivity index (χ0n) is 11.8. The van der Waals surface area contributed by atoms with Gasteiger partial charge in [0.15, 0.2) is 0 Å². The van der Waals surface area contributed by atoms with E-state index in [1.165, 1.54) is 23.2 Å². The second kappa shape index (κ2) is 6.91. The Morgan fingerprint density at radius 1 is 1.36 bits per heavy atom. The van der Waals surface area contributed by atoms with Crippen LogP contribution in [0.1, 0.15) is 12.8 Å². The van der Waals surface area contributed by atoms with E-state index < -0.39 is 17.6 Å². The lowest BCUT2D eigenvalue weighted by molar-refractivity contribution is -0.385. The maximum atomic E-state index is 12.3. The number of hydrogen-bond acceptors (Lipinski definition) is 5. The van der Waals surface area contributed by atoms with Crippen molar-refractivity contribution in [2.45, 2.75) is 19.0 Å². The first-order chi connectivity index (χ1) is 10.3. The molecule has 1 aliphatic rings. The normalized spacial score (nSPS) is 17.4. The Balaban J connectivity index is 1.73. The van der Waals surface area contributed by atoms with Crippen molar-refractivity contribution in [2.24, 2.45) is 5.92 Å². The summed E-state index contributed by atoms with van der Waals surface area (Å²) in [7, 11) is 0. The molecule has 1 aromatic rings. The number of nitrogens with zero attached hydrogens (tertiary/aromatic N) is 3. The largest absolute Gasteiger partial charge is 0.401 e. The van der Waals surface area contributed by atoms with Crippen molar-refractivity contribution in [3.8, 4) is 0 Å². The number of nitro groups is 1. The number of halogens is 3. The number of nitrogens with one attached hydrogen (secondary N) is 1. The SMILES string of the molecule is O=[N+]([O-])c1ccc(NCC2CCN(CC(F)(F)F)CC2)nc1. The molecule has 22 heavy (non-hydrogen) atoms. The van der Waals surface area contributed by atoms with Crippen LogP contribution in [0.2, 0.25) is 0 Å². The third kappa shape index (κ3) is 5.14. The van der Waals surface area contributed by atoms with Crippen molar-refractivity contribution in [3.63, 3.8) is 0 Å². The number of aromatic nitrogens is 1. The summed E-state index contributed by atoms with van der Waals surface area (Å²) in [6, 6.07) is 2.89. The van der Waals surface area contributed by atoms with E-state index >= 15 is 0 Å². The Bertz CT molecular complexity index is 499. The van der Waals surface area contributed by atoms with E-state index in [0.717, 1.165) is 0 Å². The van der Waals surface area contributed by atoms with Crippen LogP contribution in [0.5, 0.6) is 0 Å². The minimum atomic E-state index is -4.15. The molecule has 9 heteroatoms. The molecule has 1 saturated heterocycles. The first-order valence-corrected chi connectivity index (χ1v) is 6.97. The van der Waals surface area contributed by atoms with Gasteiger partial charge in [-0.25, -0.2) is 4.98 Å². The molecule has 1 aliphatic heterocycles. The predicted octanol–water partition coefficient (Wildman–Crippen LogP) is 2.68. The second-order valence-electron chi connectivity index (χ2n) is 5.37. The van der Waals surface area contributed by atoms with Gasteiger partial charge in [0.2, 0.25) is 0 Å². The molecule has 0 saturated carbocycles. The van der Waals surface area contributed by atoms with E-state index in [-0.39, 0.29) is 11.6 Å². The van der Waals surface area contributed by atoms with Crippen LogP contribution in [0, 0.1) is 16.0 Å². The Labute approximate surface area is 125 Å². The molecule has 6 nitrogen and oxygen atoms in total. The van der Waals surface area contributed by atoms with Crippen LogP contribution in [-0.2, 0) is 0 Å². The Hall–Kier alpha value is -1.90. The first kappa shape index (κ1) is 16.5. The van der Waals surface area contributed by atoms with Crippen LogP contribution in [0.4, 0.5) is 24.7 Å². The van der Waals surface area contributed by atoms with Gasteiger partial charge in [-0.15, -0.1) is 0 Å². The quantitative estimate of drug-likeness (QED) is 0.667. The highest BCUT2D eigenvalue weighted by atomic mass is 19.4. The van der Waals surface area contributed by atoms with E-state index in [9.17, 15) is 23.3 Å². The molecule has 1 aromatic heterocycles. The van der Waals surface area contributed by atoms with Gasteiger partial charge in [0.25, 0.3) is 5.69 Å². The minimum Gasteiger partial charge on any atom is -0.370 e. The van der Waals surface area contributed by atoms with Crippen molar-refractivity contribution in [3.05, 3.63) is 28.4 Å². The molecule has 0 amide bonds. The van der Waals surface area contributed by atoms with E-state index in [1.807, 2.05) is 0 Å². The van der Waals surface area contributed by atoms with E-state index in [2.05, 4.69) is 10.3 Å². The lowest BCUT2D eigenvalue weighted by atomic mass is 9.97. The molecule has 0 aromatic carbocycles. The van der Waals surface area contributed by atoms with Crippen LogP contribution >= 0.6 is 0 Å². The Kier molecular flexibility index (Phi) is 5.17. The van der Waals surface area contributed by atoms with Gasteiger partial charge in [0, 0.05) is 12.6 Å². The summed E-state index contributed by atoms with van der Waals surface area (Å²) in [5.41, 5.74) is -0.0778. The average molecular weight is 318 g/mol. The van der Waals surface area contributed by atoms with E-state index in [0.29, 0.717) is 38.3 Å². The fourth-order valence-corrected chi connectivity index (χ4v) is 2.45. The summed E-state index contributed by atoms with van der Waals surface area (Å²) >= 11 is 0. The highest BCUT2D eigenvalue weighted by Gasteiger charge is 2.32. The summed E-state index contributed by atoms with van der Waals surface area (Å²) in [6.07, 6.45) is -1.59. The van der Waals surface area contributed by atoms with Crippen molar-refractivity contribution in [1.29, 1.82) is 0 Å². The molecular weight excluding hydrogens is 301 g/mol. The highest BCUT2D eigenvalue weighted by Crippen LogP contribution is 2.23. The van der Waals surface area contributed by atoms with Crippen LogP contribution < -0.4 is 5.32 Å². The molecular formula is C13H17F3N4O2. The summed E-state index contributed by atoms with van der Waals surface area (Å²) < 4.78 is 36.9. The Morgan fingerprint density at radius 2 is 2.05 bits per heavy atom. The average Bonchev–Trinajstić information content (AvgIpc) is 2.45. The molecule has 1 fully saturated rings. The number of piperidine rings is 1. The Morgan fingerprint density at radius 3 is 2.55 bits per heavy atom. The molecule has 122 valence electrons. The molecule has 0 bridgehead atoms. The van der Waals surface area contributed by atoms with Gasteiger partial charge in [-0.1, -0.05) is 0 Å². The number of hydrogen-bond donors (Lipinski definition) is 1. The highest BCUT2D eigenvalue weighted by molar-refractivity contribution is 5.40. The smallest absolute Gasteiger partial charge is 0.370 e. The minimum absolute atomic E-state index is 0.0778. The summed E-state index contributed by atoms with van der Waals surface area (Å²) in [6.45, 7) is 0.612. The van der Waals surface area contributed by atoms with Gasteiger partial charge < -0.3 is 5.32 Å². The lowest BCUT2D eigenvalue weighted by Crippen LogP contribution is -2.41. The number of alkyl halides is 3. The van der Waals surface area contributed by atoms with Crippen LogP contribution in [0.25, 0.3) is 0 Å². The van der Waals surface area contributed by atoms with Gasteiger partial charge in [0.05, 0.1) is 11.5 Å². The third-order valence-corrected chi connectivity index (χ3v) is 3.64. The van der Waals surface area contributed by atoms with Gasteiger partial charge in [-0.2, -0.15) is 13.2 Å². The maximum Gasteiger partial charge on any atom is 0.401 e. The standard InChI is InChI=1S/C13H17F3N4O2/c14-13(15,16)9-19-5-3-10(4-6-19)7-17-12-2-1-11(8-18-12)20(21)22/h1-2,8,10H,3-7,9H2,(H,17,18). The van der Waals surface area contributed by atoms with Crippen molar-refractivity contribution in [1.82, 2.24) is 9.88 Å². The molecule has 2 heterocycles. The van der Waals surface area contributed by atoms with E-state index in [4.69, 9.17) is 0 Å². The van der Waals surface area contributed by atoms with Gasteiger partial charge in [-0.05, 0) is 37.9 Å². The lowest BCUT2D eigenvalue weighted by Gasteiger charge is -2.32. The number of rotatable bonds is 5. The van der Waals surface area contributed by atoms with Crippen LogP contribution in [0.15, 0.2) is 18.3 Å². The first-order valence-electron chi connectivity index (χ1n) is 6.97. The molecule has 1 N–H and O–H groups in total. The fraction of sp³-hybridized carbons (Fsp3) is 0.615. The summed E-state index contributed by atoms with van der Waals surface area (Å²) in [5, 5.41) is 13.6. The van der Waals surface area contributed by atoms with Gasteiger partial charge in [-0.3, -0.25) is 15.0 Å². The molecule has 0 aliphatic carbocycles. The molecule has 0 spiro atoms. The second-order valence-corrected chi connectivity index (χ2v) is 5.37. The zero-order chi connectivity index (χ0) is 16.2. The van der Waals surface area contributed by atoms with Crippen molar-refractivity contribution in [2.75, 3.05) is 31.5 Å². The molecule has 0 radical (unpaired) electrons. The zero-order valence-corrected chi connectivity index (χ0v) is 11.8. The molecule has 0 unspecified atom stereocenters. The number of likely N-dealkylation sites (tertiary alicyclic amines) is 1. The number of anilines is 1. The van der Waals surface area contributed by atoms with Gasteiger partial charge in [0.1, 0.15) is 12.0 Å². The maximum absolute atomic E-state index is 12.3. The summed E-state index contributed by atoms with van der Waals surface area (Å²) in [4.78, 5) is 15.3. The third-order valence-electron chi connectivity index (χ3n) is 3.64. The van der Waals surface area contributed by atoms with Crippen molar-refractivity contribution >= 4 is 11.5 Å². The van der Waals surface area contributed by atoms with E-state index in [1.54, 1.807) is 0 Å². The van der Waals surface area contributed by atoms with Gasteiger partial charge >= 0.3 is 6.18 Å². The monoisotopic (exact) mass is 318 g/mol. The molecule has 2 rings (SSSR count). The van der Waals surface area contributed by atoms with Crippen LogP contribution in [0.3, 0.4) is 0 Å². The fourth-order valence-electron chi connectivity index (χ4n) is 2.45. The predicted molar refractivity (Wildman–Crippen MR) is 74.6 cm³/mol. The number of pyridine rings is 1. The summed E-state index contributed by atoms with van der Waals surface area (Å²) in [5.74, 6) is 0.810.